The number of hydrogen-bond donors (Lipinski definition) is 1. The lowest BCUT2D eigenvalue weighted by Crippen LogP contribution is -2.39. The van der Waals surface area contributed by atoms with E-state index >= 15 is 0 Å². The lowest BCUT2D eigenvalue weighted by molar-refractivity contribution is -0.135. The Hall–Kier alpha value is -0.830. The molecule has 0 radical (unpaired) electrons. The molecule has 1 aliphatic rings. The lowest BCUT2D eigenvalue weighted by Gasteiger charge is -2.29. The number of carbonyl (C=O) groups excluding carboxylic acids is 1. The molecule has 1 aliphatic carbocycles. The summed E-state index contributed by atoms with van der Waals surface area (Å²) >= 11 is 0. The van der Waals surface area contributed by atoms with E-state index in [0.717, 1.165) is 31.3 Å². The second-order valence-corrected chi connectivity index (χ2v) is 4.78. The molecular formula is C12H22N2O. The summed E-state index contributed by atoms with van der Waals surface area (Å²) in [6.45, 7) is 6.42. The van der Waals surface area contributed by atoms with E-state index < -0.39 is 0 Å². The fraction of sp³-hybridized carbons (Fsp3) is 0.750. The number of nitrogens with zero attached hydrogens (tertiary/aromatic N) is 1. The molecule has 86 valence electrons. The third-order valence-corrected chi connectivity index (χ3v) is 2.95. The van der Waals surface area contributed by atoms with Gasteiger partial charge in [0.2, 0.25) is 5.91 Å². The van der Waals surface area contributed by atoms with Gasteiger partial charge in [-0.1, -0.05) is 18.6 Å². The molecular weight excluding hydrogens is 188 g/mol. The number of hydrogen-bond acceptors (Lipinski definition) is 2. The van der Waals surface area contributed by atoms with Crippen LogP contribution in [0.5, 0.6) is 0 Å². The highest BCUT2D eigenvalue weighted by molar-refractivity contribution is 5.79. The van der Waals surface area contributed by atoms with Crippen LogP contribution in [0.25, 0.3) is 0 Å². The van der Waals surface area contributed by atoms with Gasteiger partial charge in [-0.3, -0.25) is 4.79 Å². The van der Waals surface area contributed by atoms with E-state index in [0.29, 0.717) is 6.54 Å². The molecule has 2 unspecified atom stereocenters. The summed E-state index contributed by atoms with van der Waals surface area (Å²) < 4.78 is 0. The zero-order chi connectivity index (χ0) is 11.4. The fourth-order valence-corrected chi connectivity index (χ4v) is 2.25. The minimum atomic E-state index is 0.137. The van der Waals surface area contributed by atoms with Gasteiger partial charge in [-0.15, -0.1) is 0 Å². The molecule has 1 saturated carbocycles. The van der Waals surface area contributed by atoms with Crippen molar-refractivity contribution in [2.45, 2.75) is 38.6 Å². The molecule has 2 N–H and O–H groups in total. The molecule has 0 aromatic carbocycles. The van der Waals surface area contributed by atoms with Crippen molar-refractivity contribution in [3.05, 3.63) is 12.2 Å². The Bertz CT molecular complexity index is 250. The molecule has 0 bridgehead atoms. The number of carbonyl (C=O) groups is 1. The zero-order valence-corrected chi connectivity index (χ0v) is 9.83. The quantitative estimate of drug-likeness (QED) is 0.718. The molecule has 0 heterocycles. The first-order chi connectivity index (χ1) is 7.00. The van der Waals surface area contributed by atoms with Gasteiger partial charge in [0.05, 0.1) is 0 Å². The third-order valence-electron chi connectivity index (χ3n) is 2.95. The Morgan fingerprint density at radius 1 is 1.53 bits per heavy atom. The maximum absolute atomic E-state index is 12.0. The van der Waals surface area contributed by atoms with E-state index in [4.69, 9.17) is 5.73 Å². The van der Waals surface area contributed by atoms with Crippen molar-refractivity contribution in [2.24, 2.45) is 11.7 Å². The number of nitrogens with two attached hydrogens (primary N) is 1. The SMILES string of the molecule is C=C(C)CN(C)C(=O)C1CCCC(N)C1. The van der Waals surface area contributed by atoms with Crippen LogP contribution in [0.4, 0.5) is 0 Å². The summed E-state index contributed by atoms with van der Waals surface area (Å²) in [5, 5.41) is 0. The van der Waals surface area contributed by atoms with E-state index in [1.165, 1.54) is 0 Å². The Balaban J connectivity index is 2.47. The Labute approximate surface area is 92.3 Å². The van der Waals surface area contributed by atoms with Crippen molar-refractivity contribution in [1.29, 1.82) is 0 Å². The monoisotopic (exact) mass is 210 g/mol. The van der Waals surface area contributed by atoms with E-state index in [1.54, 1.807) is 4.90 Å². The van der Waals surface area contributed by atoms with Gasteiger partial charge >= 0.3 is 0 Å². The van der Waals surface area contributed by atoms with Gasteiger partial charge in [0.25, 0.3) is 0 Å². The summed E-state index contributed by atoms with van der Waals surface area (Å²) in [5.41, 5.74) is 6.90. The van der Waals surface area contributed by atoms with Crippen molar-refractivity contribution in [3.63, 3.8) is 0 Å². The number of likely N-dealkylation sites (N-methyl/N-ethyl adjacent to an activating group) is 1. The lowest BCUT2D eigenvalue weighted by atomic mass is 9.85. The van der Waals surface area contributed by atoms with Crippen LogP contribution in [0.1, 0.15) is 32.6 Å². The first kappa shape index (κ1) is 12.2. The van der Waals surface area contributed by atoms with E-state index in [1.807, 2.05) is 14.0 Å². The van der Waals surface area contributed by atoms with Crippen LogP contribution in [0.15, 0.2) is 12.2 Å². The summed E-state index contributed by atoms with van der Waals surface area (Å²) in [6, 6.07) is 0.214. The van der Waals surface area contributed by atoms with Gasteiger partial charge in [0.15, 0.2) is 0 Å². The van der Waals surface area contributed by atoms with Crippen LogP contribution in [-0.2, 0) is 4.79 Å². The van der Waals surface area contributed by atoms with Crippen molar-refractivity contribution in [2.75, 3.05) is 13.6 Å². The predicted octanol–water partition coefficient (Wildman–Crippen LogP) is 1.54. The second-order valence-electron chi connectivity index (χ2n) is 4.78. The van der Waals surface area contributed by atoms with Crippen LogP contribution >= 0.6 is 0 Å². The Morgan fingerprint density at radius 3 is 2.73 bits per heavy atom. The highest BCUT2D eigenvalue weighted by Crippen LogP contribution is 2.24. The molecule has 2 atom stereocenters. The van der Waals surface area contributed by atoms with Gasteiger partial charge < -0.3 is 10.6 Å². The van der Waals surface area contributed by atoms with Crippen LogP contribution in [0, 0.1) is 5.92 Å². The highest BCUT2D eigenvalue weighted by Gasteiger charge is 2.27. The molecule has 15 heavy (non-hydrogen) atoms. The van der Waals surface area contributed by atoms with Crippen molar-refractivity contribution >= 4 is 5.91 Å². The molecule has 3 nitrogen and oxygen atoms in total. The summed E-state index contributed by atoms with van der Waals surface area (Å²) in [4.78, 5) is 13.8. The van der Waals surface area contributed by atoms with Gasteiger partial charge in [0.1, 0.15) is 0 Å². The minimum Gasteiger partial charge on any atom is -0.342 e. The molecule has 0 aromatic rings. The van der Waals surface area contributed by atoms with Crippen molar-refractivity contribution in [3.8, 4) is 0 Å². The summed E-state index contributed by atoms with van der Waals surface area (Å²) in [5.74, 6) is 0.367. The first-order valence-corrected chi connectivity index (χ1v) is 5.65. The van der Waals surface area contributed by atoms with Crippen LogP contribution in [-0.4, -0.2) is 30.4 Å². The average molecular weight is 210 g/mol. The maximum atomic E-state index is 12.0. The normalized spacial score (nSPS) is 26.1. The van der Waals surface area contributed by atoms with E-state index in [-0.39, 0.29) is 17.9 Å². The topological polar surface area (TPSA) is 46.3 Å². The van der Waals surface area contributed by atoms with Gasteiger partial charge in [0, 0.05) is 25.6 Å². The van der Waals surface area contributed by atoms with E-state index in [9.17, 15) is 4.79 Å². The van der Waals surface area contributed by atoms with Crippen molar-refractivity contribution in [1.82, 2.24) is 4.90 Å². The van der Waals surface area contributed by atoms with Gasteiger partial charge in [-0.25, -0.2) is 0 Å². The molecule has 0 spiro atoms. The largest absolute Gasteiger partial charge is 0.342 e. The highest BCUT2D eigenvalue weighted by atomic mass is 16.2. The Morgan fingerprint density at radius 2 is 2.20 bits per heavy atom. The minimum absolute atomic E-state index is 0.137. The molecule has 1 amide bonds. The zero-order valence-electron chi connectivity index (χ0n) is 9.83. The molecule has 0 saturated heterocycles. The predicted molar refractivity (Wildman–Crippen MR) is 62.4 cm³/mol. The first-order valence-electron chi connectivity index (χ1n) is 5.65. The third kappa shape index (κ3) is 3.67. The summed E-state index contributed by atoms with van der Waals surface area (Å²) in [6.07, 6.45) is 3.99. The standard InChI is InChI=1S/C12H22N2O/c1-9(2)8-14(3)12(15)10-5-4-6-11(13)7-10/h10-11H,1,4-8,13H2,2-3H3. The number of rotatable bonds is 3. The smallest absolute Gasteiger partial charge is 0.225 e. The number of amides is 1. The Kier molecular flexibility index (Phi) is 4.33. The fourth-order valence-electron chi connectivity index (χ4n) is 2.25. The van der Waals surface area contributed by atoms with E-state index in [2.05, 4.69) is 6.58 Å². The summed E-state index contributed by atoms with van der Waals surface area (Å²) in [7, 11) is 1.84. The van der Waals surface area contributed by atoms with Gasteiger partial charge in [-0.2, -0.15) is 0 Å². The molecule has 1 fully saturated rings. The molecule has 0 aromatic heterocycles. The van der Waals surface area contributed by atoms with Gasteiger partial charge in [-0.05, 0) is 26.2 Å². The van der Waals surface area contributed by atoms with Crippen LogP contribution < -0.4 is 5.73 Å². The molecule has 3 heteroatoms. The molecule has 1 rings (SSSR count). The van der Waals surface area contributed by atoms with Crippen molar-refractivity contribution < 1.29 is 4.79 Å². The van der Waals surface area contributed by atoms with Crippen LogP contribution in [0.2, 0.25) is 0 Å². The molecule has 0 aliphatic heterocycles. The van der Waals surface area contributed by atoms with Crippen LogP contribution in [0.3, 0.4) is 0 Å². The average Bonchev–Trinajstić information content (AvgIpc) is 2.15. The maximum Gasteiger partial charge on any atom is 0.225 e. The second kappa shape index (κ2) is 5.31.